The standard InChI is InChI=1S/C14H21NO/c1-11-3-5-12(6-4-11)13-7-8-15-14(9-13)10-16-2/h3-6,13-15H,7-10H2,1-2H3. The summed E-state index contributed by atoms with van der Waals surface area (Å²) in [4.78, 5) is 0. The molecule has 88 valence electrons. The van der Waals surface area contributed by atoms with Gasteiger partial charge in [-0.15, -0.1) is 0 Å². The lowest BCUT2D eigenvalue weighted by Gasteiger charge is -2.30. The van der Waals surface area contributed by atoms with Gasteiger partial charge in [0.05, 0.1) is 6.61 Å². The van der Waals surface area contributed by atoms with E-state index in [-0.39, 0.29) is 0 Å². The van der Waals surface area contributed by atoms with Crippen LogP contribution in [0.2, 0.25) is 0 Å². The maximum atomic E-state index is 5.22. The number of hydrogen-bond acceptors (Lipinski definition) is 2. The Kier molecular flexibility index (Phi) is 3.97. The van der Waals surface area contributed by atoms with Gasteiger partial charge in [0.2, 0.25) is 0 Å². The number of ether oxygens (including phenoxy) is 1. The molecular formula is C14H21NO. The van der Waals surface area contributed by atoms with Gasteiger partial charge in [-0.2, -0.15) is 0 Å². The van der Waals surface area contributed by atoms with Gasteiger partial charge in [0, 0.05) is 13.2 Å². The maximum Gasteiger partial charge on any atom is 0.0616 e. The highest BCUT2D eigenvalue weighted by Gasteiger charge is 2.22. The summed E-state index contributed by atoms with van der Waals surface area (Å²) >= 11 is 0. The van der Waals surface area contributed by atoms with Gasteiger partial charge in [-0.3, -0.25) is 0 Å². The monoisotopic (exact) mass is 219 g/mol. The summed E-state index contributed by atoms with van der Waals surface area (Å²) in [6.45, 7) is 4.06. The molecule has 0 spiro atoms. The summed E-state index contributed by atoms with van der Waals surface area (Å²) in [6, 6.07) is 9.49. The molecule has 1 saturated heterocycles. The third-order valence-corrected chi connectivity index (χ3v) is 3.41. The number of methoxy groups -OCH3 is 1. The minimum absolute atomic E-state index is 0.519. The fourth-order valence-electron chi connectivity index (χ4n) is 2.48. The highest BCUT2D eigenvalue weighted by molar-refractivity contribution is 5.25. The molecule has 1 N–H and O–H groups in total. The van der Waals surface area contributed by atoms with Crippen LogP contribution in [-0.4, -0.2) is 26.3 Å². The smallest absolute Gasteiger partial charge is 0.0616 e. The molecule has 0 saturated carbocycles. The van der Waals surface area contributed by atoms with Crippen molar-refractivity contribution >= 4 is 0 Å². The maximum absolute atomic E-state index is 5.22. The van der Waals surface area contributed by atoms with E-state index in [1.54, 1.807) is 7.11 Å². The molecule has 2 unspecified atom stereocenters. The lowest BCUT2D eigenvalue weighted by molar-refractivity contribution is 0.149. The third-order valence-electron chi connectivity index (χ3n) is 3.41. The van der Waals surface area contributed by atoms with Crippen LogP contribution in [0.3, 0.4) is 0 Å². The molecule has 1 fully saturated rings. The van der Waals surface area contributed by atoms with Crippen molar-refractivity contribution in [3.63, 3.8) is 0 Å². The first-order chi connectivity index (χ1) is 7.79. The Balaban J connectivity index is 2.01. The predicted molar refractivity (Wildman–Crippen MR) is 66.8 cm³/mol. The predicted octanol–water partition coefficient (Wildman–Crippen LogP) is 2.48. The molecule has 1 aliphatic heterocycles. The molecule has 0 amide bonds. The van der Waals surface area contributed by atoms with E-state index in [4.69, 9.17) is 4.74 Å². The summed E-state index contributed by atoms with van der Waals surface area (Å²) in [5, 5.41) is 3.51. The van der Waals surface area contributed by atoms with Gasteiger partial charge in [-0.1, -0.05) is 29.8 Å². The average Bonchev–Trinajstić information content (AvgIpc) is 2.31. The first kappa shape index (κ1) is 11.6. The van der Waals surface area contributed by atoms with Crippen LogP contribution in [0.25, 0.3) is 0 Å². The zero-order valence-corrected chi connectivity index (χ0v) is 10.2. The van der Waals surface area contributed by atoms with Gasteiger partial charge in [0.25, 0.3) is 0 Å². The molecule has 0 radical (unpaired) electrons. The number of piperidine rings is 1. The second-order valence-electron chi connectivity index (χ2n) is 4.74. The van der Waals surface area contributed by atoms with Gasteiger partial charge in [-0.25, -0.2) is 0 Å². The number of aryl methyl sites for hydroxylation is 1. The van der Waals surface area contributed by atoms with Crippen LogP contribution in [0.15, 0.2) is 24.3 Å². The minimum atomic E-state index is 0.519. The Labute approximate surface area is 98.0 Å². The van der Waals surface area contributed by atoms with Gasteiger partial charge in [0.1, 0.15) is 0 Å². The second-order valence-corrected chi connectivity index (χ2v) is 4.74. The molecule has 2 rings (SSSR count). The van der Waals surface area contributed by atoms with E-state index in [2.05, 4.69) is 36.5 Å². The van der Waals surface area contributed by atoms with E-state index in [1.807, 2.05) is 0 Å². The summed E-state index contributed by atoms with van der Waals surface area (Å²) in [7, 11) is 1.77. The number of nitrogens with one attached hydrogen (secondary N) is 1. The van der Waals surface area contributed by atoms with Gasteiger partial charge < -0.3 is 10.1 Å². The first-order valence-electron chi connectivity index (χ1n) is 6.08. The van der Waals surface area contributed by atoms with E-state index < -0.39 is 0 Å². The molecule has 1 heterocycles. The van der Waals surface area contributed by atoms with Crippen molar-refractivity contribution in [3.8, 4) is 0 Å². The van der Waals surface area contributed by atoms with Gasteiger partial charge >= 0.3 is 0 Å². The van der Waals surface area contributed by atoms with Crippen molar-refractivity contribution in [2.24, 2.45) is 0 Å². The molecule has 0 bridgehead atoms. The van der Waals surface area contributed by atoms with E-state index in [1.165, 1.54) is 24.0 Å². The van der Waals surface area contributed by atoms with Crippen LogP contribution in [0.5, 0.6) is 0 Å². The van der Waals surface area contributed by atoms with E-state index >= 15 is 0 Å². The van der Waals surface area contributed by atoms with Crippen LogP contribution >= 0.6 is 0 Å². The number of benzene rings is 1. The van der Waals surface area contributed by atoms with Crippen LogP contribution in [0.4, 0.5) is 0 Å². The van der Waals surface area contributed by atoms with Crippen LogP contribution in [0, 0.1) is 6.92 Å². The molecule has 1 aromatic carbocycles. The molecule has 16 heavy (non-hydrogen) atoms. The highest BCUT2D eigenvalue weighted by atomic mass is 16.5. The SMILES string of the molecule is COCC1CC(c2ccc(C)cc2)CCN1. The summed E-state index contributed by atoms with van der Waals surface area (Å²) < 4.78 is 5.22. The Hall–Kier alpha value is -0.860. The quantitative estimate of drug-likeness (QED) is 0.843. The first-order valence-corrected chi connectivity index (χ1v) is 6.08. The van der Waals surface area contributed by atoms with Crippen molar-refractivity contribution in [3.05, 3.63) is 35.4 Å². The van der Waals surface area contributed by atoms with Crippen molar-refractivity contribution in [2.75, 3.05) is 20.3 Å². The molecule has 0 aromatic heterocycles. The third kappa shape index (κ3) is 2.83. The molecule has 2 heteroatoms. The normalized spacial score (nSPS) is 25.6. The average molecular weight is 219 g/mol. The van der Waals surface area contributed by atoms with E-state index in [9.17, 15) is 0 Å². The van der Waals surface area contributed by atoms with Crippen LogP contribution in [-0.2, 0) is 4.74 Å². The lowest BCUT2D eigenvalue weighted by Crippen LogP contribution is -2.40. The zero-order valence-electron chi connectivity index (χ0n) is 10.2. The van der Waals surface area contributed by atoms with E-state index in [0.717, 1.165) is 13.2 Å². The van der Waals surface area contributed by atoms with Crippen molar-refractivity contribution in [1.82, 2.24) is 5.32 Å². The Morgan fingerprint density at radius 3 is 2.75 bits per heavy atom. The zero-order chi connectivity index (χ0) is 11.4. The van der Waals surface area contributed by atoms with Gasteiger partial charge in [-0.05, 0) is 37.8 Å². The lowest BCUT2D eigenvalue weighted by atomic mass is 9.86. The summed E-state index contributed by atoms with van der Waals surface area (Å²) in [5.74, 6) is 0.696. The molecule has 0 aliphatic carbocycles. The van der Waals surface area contributed by atoms with Crippen molar-refractivity contribution < 1.29 is 4.74 Å². The topological polar surface area (TPSA) is 21.3 Å². The number of rotatable bonds is 3. The number of hydrogen-bond donors (Lipinski definition) is 1. The van der Waals surface area contributed by atoms with Crippen LogP contribution in [0.1, 0.15) is 29.9 Å². The molecular weight excluding hydrogens is 198 g/mol. The van der Waals surface area contributed by atoms with Crippen molar-refractivity contribution in [1.29, 1.82) is 0 Å². The van der Waals surface area contributed by atoms with Crippen molar-refractivity contribution in [2.45, 2.75) is 31.7 Å². The molecule has 2 atom stereocenters. The molecule has 1 aliphatic rings. The highest BCUT2D eigenvalue weighted by Crippen LogP contribution is 2.27. The Bertz CT molecular complexity index is 318. The fraction of sp³-hybridized carbons (Fsp3) is 0.571. The Morgan fingerprint density at radius 2 is 2.06 bits per heavy atom. The van der Waals surface area contributed by atoms with Crippen LogP contribution < -0.4 is 5.32 Å². The van der Waals surface area contributed by atoms with Gasteiger partial charge in [0.15, 0.2) is 0 Å². The largest absolute Gasteiger partial charge is 0.383 e. The Morgan fingerprint density at radius 1 is 1.31 bits per heavy atom. The second kappa shape index (κ2) is 5.46. The minimum Gasteiger partial charge on any atom is -0.383 e. The molecule has 1 aromatic rings. The molecule has 2 nitrogen and oxygen atoms in total. The summed E-state index contributed by atoms with van der Waals surface area (Å²) in [5.41, 5.74) is 2.82. The fourth-order valence-corrected chi connectivity index (χ4v) is 2.48. The summed E-state index contributed by atoms with van der Waals surface area (Å²) in [6.07, 6.45) is 2.43. The van der Waals surface area contributed by atoms with E-state index in [0.29, 0.717) is 12.0 Å².